The smallest absolute Gasteiger partial charge is 0.0981 e. The molecule has 3 heteroatoms. The van der Waals surface area contributed by atoms with Crippen LogP contribution in [-0.2, 0) is 10.3 Å². The topological polar surface area (TPSA) is 21.3 Å². The minimum atomic E-state index is -0.174. The molecule has 1 aromatic carbocycles. The van der Waals surface area contributed by atoms with Crippen LogP contribution in [0.15, 0.2) is 30.9 Å². The summed E-state index contributed by atoms with van der Waals surface area (Å²) in [5.74, 6) is 0. The first-order valence-electron chi connectivity index (χ1n) is 6.55. The van der Waals surface area contributed by atoms with Crippen LogP contribution in [-0.4, -0.2) is 13.1 Å². The number of nitrogens with one attached hydrogen (secondary N) is 1. The van der Waals surface area contributed by atoms with Gasteiger partial charge >= 0.3 is 0 Å². The third kappa shape index (κ3) is 1.80. The van der Waals surface area contributed by atoms with E-state index in [1.807, 2.05) is 18.2 Å². The summed E-state index contributed by atoms with van der Waals surface area (Å²) in [5, 5.41) is 4.24. The maximum atomic E-state index is 6.43. The van der Waals surface area contributed by atoms with E-state index in [0.717, 1.165) is 37.4 Å². The van der Waals surface area contributed by atoms with Gasteiger partial charge in [0.15, 0.2) is 0 Å². The summed E-state index contributed by atoms with van der Waals surface area (Å²) < 4.78 is 6.39. The average molecular weight is 264 g/mol. The van der Waals surface area contributed by atoms with Gasteiger partial charge in [0, 0.05) is 10.6 Å². The van der Waals surface area contributed by atoms with Crippen LogP contribution in [0.1, 0.15) is 36.5 Å². The Bertz CT molecular complexity index is 466. The van der Waals surface area contributed by atoms with Crippen LogP contribution in [0, 0.1) is 0 Å². The zero-order valence-electron chi connectivity index (χ0n) is 10.4. The van der Waals surface area contributed by atoms with Gasteiger partial charge in [-0.3, -0.25) is 0 Å². The molecule has 1 aromatic rings. The van der Waals surface area contributed by atoms with Gasteiger partial charge in [-0.05, 0) is 44.0 Å². The molecule has 2 heterocycles. The van der Waals surface area contributed by atoms with E-state index < -0.39 is 0 Å². The maximum Gasteiger partial charge on any atom is 0.0981 e. The predicted octanol–water partition coefficient (Wildman–Crippen LogP) is 3.57. The first-order chi connectivity index (χ1) is 8.77. The van der Waals surface area contributed by atoms with Gasteiger partial charge in [-0.15, -0.1) is 6.58 Å². The summed E-state index contributed by atoms with van der Waals surface area (Å²) in [6, 6.07) is 6.14. The van der Waals surface area contributed by atoms with E-state index in [0.29, 0.717) is 0 Å². The molecule has 0 saturated carbocycles. The van der Waals surface area contributed by atoms with E-state index in [4.69, 9.17) is 16.3 Å². The van der Waals surface area contributed by atoms with Crippen LogP contribution >= 0.6 is 11.6 Å². The molecule has 1 atom stereocenters. The maximum absolute atomic E-state index is 6.43. The van der Waals surface area contributed by atoms with E-state index in [1.165, 1.54) is 11.1 Å². The summed E-state index contributed by atoms with van der Waals surface area (Å²) >= 11 is 6.43. The van der Waals surface area contributed by atoms with Crippen molar-refractivity contribution in [1.29, 1.82) is 0 Å². The Morgan fingerprint density at radius 3 is 2.94 bits per heavy atom. The average Bonchev–Trinajstić information content (AvgIpc) is 2.67. The lowest BCUT2D eigenvalue weighted by Crippen LogP contribution is -2.40. The molecular formula is C15H18ClNO. The number of halogens is 1. The highest BCUT2D eigenvalue weighted by molar-refractivity contribution is 6.31. The first kappa shape index (κ1) is 12.2. The van der Waals surface area contributed by atoms with Crippen molar-refractivity contribution in [1.82, 2.24) is 5.32 Å². The highest BCUT2D eigenvalue weighted by Crippen LogP contribution is 2.51. The van der Waals surface area contributed by atoms with Crippen LogP contribution < -0.4 is 5.32 Å². The van der Waals surface area contributed by atoms with Crippen LogP contribution in [0.5, 0.6) is 0 Å². The first-order valence-corrected chi connectivity index (χ1v) is 6.93. The second-order valence-electron chi connectivity index (χ2n) is 5.08. The highest BCUT2D eigenvalue weighted by Gasteiger charge is 2.46. The fourth-order valence-electron chi connectivity index (χ4n) is 3.21. The summed E-state index contributed by atoms with van der Waals surface area (Å²) in [6.45, 7) is 5.81. The SMILES string of the molecule is C=CC[C@H]1OC2(CCNCC2)c2c(Cl)cccc21. The largest absolute Gasteiger partial charge is 0.362 e. The van der Waals surface area contributed by atoms with Crippen molar-refractivity contribution in [2.24, 2.45) is 0 Å². The van der Waals surface area contributed by atoms with Gasteiger partial charge in [0.25, 0.3) is 0 Å². The second-order valence-corrected chi connectivity index (χ2v) is 5.49. The molecule has 2 nitrogen and oxygen atoms in total. The van der Waals surface area contributed by atoms with Gasteiger partial charge in [-0.2, -0.15) is 0 Å². The molecule has 1 spiro atoms. The quantitative estimate of drug-likeness (QED) is 0.824. The molecule has 96 valence electrons. The van der Waals surface area contributed by atoms with Gasteiger partial charge in [0.1, 0.15) is 0 Å². The minimum absolute atomic E-state index is 0.120. The van der Waals surface area contributed by atoms with Crippen LogP contribution in [0.3, 0.4) is 0 Å². The summed E-state index contributed by atoms with van der Waals surface area (Å²) in [6.07, 6.45) is 4.89. The summed E-state index contributed by atoms with van der Waals surface area (Å²) in [7, 11) is 0. The van der Waals surface area contributed by atoms with Crippen LogP contribution in [0.25, 0.3) is 0 Å². The molecule has 1 N–H and O–H groups in total. The summed E-state index contributed by atoms with van der Waals surface area (Å²) in [5.41, 5.74) is 2.30. The van der Waals surface area contributed by atoms with Crippen molar-refractivity contribution in [3.05, 3.63) is 47.0 Å². The number of hydrogen-bond donors (Lipinski definition) is 1. The van der Waals surface area contributed by atoms with Gasteiger partial charge in [-0.25, -0.2) is 0 Å². The molecule has 0 aromatic heterocycles. The van der Waals surface area contributed by atoms with E-state index in [9.17, 15) is 0 Å². The van der Waals surface area contributed by atoms with Crippen molar-refractivity contribution < 1.29 is 4.74 Å². The van der Waals surface area contributed by atoms with Crippen molar-refractivity contribution >= 4 is 11.6 Å². The van der Waals surface area contributed by atoms with Crippen molar-refractivity contribution in [2.45, 2.75) is 31.0 Å². The predicted molar refractivity (Wildman–Crippen MR) is 73.9 cm³/mol. The molecule has 0 aliphatic carbocycles. The second kappa shape index (κ2) is 4.69. The Kier molecular flexibility index (Phi) is 3.18. The third-order valence-electron chi connectivity index (χ3n) is 4.01. The molecule has 1 saturated heterocycles. The summed E-state index contributed by atoms with van der Waals surface area (Å²) in [4.78, 5) is 0. The monoisotopic (exact) mass is 263 g/mol. The fourth-order valence-corrected chi connectivity index (χ4v) is 3.56. The Morgan fingerprint density at radius 1 is 1.44 bits per heavy atom. The van der Waals surface area contributed by atoms with Gasteiger partial charge < -0.3 is 10.1 Å². The highest BCUT2D eigenvalue weighted by atomic mass is 35.5. The minimum Gasteiger partial charge on any atom is -0.362 e. The van der Waals surface area contributed by atoms with Crippen molar-refractivity contribution in [3.63, 3.8) is 0 Å². The molecule has 2 aliphatic rings. The molecule has 2 aliphatic heterocycles. The van der Waals surface area contributed by atoms with Crippen LogP contribution in [0.2, 0.25) is 5.02 Å². The number of hydrogen-bond acceptors (Lipinski definition) is 2. The Labute approximate surface area is 113 Å². The number of benzene rings is 1. The Balaban J connectivity index is 2.07. The van der Waals surface area contributed by atoms with Gasteiger partial charge in [0.2, 0.25) is 0 Å². The van der Waals surface area contributed by atoms with Crippen molar-refractivity contribution in [2.75, 3.05) is 13.1 Å². The Hall–Kier alpha value is -0.830. The van der Waals surface area contributed by atoms with E-state index in [-0.39, 0.29) is 11.7 Å². The molecule has 0 radical (unpaired) electrons. The molecule has 1 fully saturated rings. The van der Waals surface area contributed by atoms with E-state index in [2.05, 4.69) is 18.0 Å². The standard InChI is InChI=1S/C15H18ClNO/c1-2-4-13-11-5-3-6-12(16)14(11)15(18-13)7-9-17-10-8-15/h2-3,5-6,13,17H,1,4,7-10H2/t13-/m1/s1. The van der Waals surface area contributed by atoms with Gasteiger partial charge in [-0.1, -0.05) is 29.8 Å². The van der Waals surface area contributed by atoms with Crippen LogP contribution in [0.4, 0.5) is 0 Å². The normalized spacial score (nSPS) is 25.1. The lowest BCUT2D eigenvalue weighted by atomic mass is 9.84. The van der Waals surface area contributed by atoms with E-state index >= 15 is 0 Å². The molecule has 18 heavy (non-hydrogen) atoms. The molecule has 3 rings (SSSR count). The fraction of sp³-hybridized carbons (Fsp3) is 0.467. The van der Waals surface area contributed by atoms with Crippen molar-refractivity contribution in [3.8, 4) is 0 Å². The number of rotatable bonds is 2. The molecule has 0 amide bonds. The zero-order chi connectivity index (χ0) is 12.6. The lowest BCUT2D eigenvalue weighted by molar-refractivity contribution is -0.0929. The Morgan fingerprint density at radius 2 is 2.22 bits per heavy atom. The molecular weight excluding hydrogens is 246 g/mol. The third-order valence-corrected chi connectivity index (χ3v) is 4.32. The zero-order valence-corrected chi connectivity index (χ0v) is 11.2. The number of ether oxygens (including phenoxy) is 1. The molecule has 0 unspecified atom stereocenters. The van der Waals surface area contributed by atoms with E-state index in [1.54, 1.807) is 0 Å². The number of fused-ring (bicyclic) bond motifs is 2. The molecule has 0 bridgehead atoms. The number of piperidine rings is 1. The lowest BCUT2D eigenvalue weighted by Gasteiger charge is -2.35. The van der Waals surface area contributed by atoms with Gasteiger partial charge in [0.05, 0.1) is 11.7 Å².